The molecule has 0 aliphatic rings. The van der Waals surface area contributed by atoms with Gasteiger partial charge in [0.05, 0.1) is 0 Å². The van der Waals surface area contributed by atoms with E-state index in [4.69, 9.17) is 0 Å². The summed E-state index contributed by atoms with van der Waals surface area (Å²) in [5, 5.41) is 2.85. The van der Waals surface area contributed by atoms with Crippen LogP contribution in [0.5, 0.6) is 0 Å². The first-order chi connectivity index (χ1) is 9.61. The zero-order valence-corrected chi connectivity index (χ0v) is 11.6. The van der Waals surface area contributed by atoms with Crippen LogP contribution in [0.2, 0.25) is 0 Å². The van der Waals surface area contributed by atoms with E-state index in [1.54, 1.807) is 24.3 Å². The summed E-state index contributed by atoms with van der Waals surface area (Å²) in [5.74, 6) is -0.114. The number of carbonyl (C=O) groups excluding carboxylic acids is 2. The van der Waals surface area contributed by atoms with Gasteiger partial charge in [-0.15, -0.1) is 0 Å². The van der Waals surface area contributed by atoms with Crippen LogP contribution < -0.4 is 5.32 Å². The predicted molar refractivity (Wildman–Crippen MR) is 80.2 cm³/mol. The first-order valence-electron chi connectivity index (χ1n) is 6.62. The van der Waals surface area contributed by atoms with Crippen LogP contribution in [0.1, 0.15) is 40.1 Å². The molecule has 0 aliphatic heterocycles. The first-order valence-corrected chi connectivity index (χ1v) is 6.62. The molecule has 0 saturated heterocycles. The number of rotatable bonds is 4. The van der Waals surface area contributed by atoms with Crippen LogP contribution in [0.4, 0.5) is 5.69 Å². The molecule has 0 bridgehead atoms. The molecule has 102 valence electrons. The van der Waals surface area contributed by atoms with Crippen LogP contribution in [-0.2, 0) is 6.42 Å². The van der Waals surface area contributed by atoms with Gasteiger partial charge in [-0.1, -0.05) is 25.1 Å². The molecule has 0 atom stereocenters. The van der Waals surface area contributed by atoms with E-state index in [0.29, 0.717) is 16.8 Å². The lowest BCUT2D eigenvalue weighted by molar-refractivity contribution is 0.101. The van der Waals surface area contributed by atoms with Crippen molar-refractivity contribution in [1.29, 1.82) is 0 Å². The van der Waals surface area contributed by atoms with Crippen molar-refractivity contribution in [1.82, 2.24) is 0 Å². The molecule has 1 amide bonds. The molecule has 3 heteroatoms. The average molecular weight is 267 g/mol. The molecule has 0 aliphatic carbocycles. The molecule has 0 aromatic heterocycles. The predicted octanol–water partition coefficient (Wildman–Crippen LogP) is 3.70. The molecule has 2 aromatic rings. The van der Waals surface area contributed by atoms with Gasteiger partial charge in [0.15, 0.2) is 5.78 Å². The maximum absolute atomic E-state index is 12.2. The molecule has 2 rings (SSSR count). The van der Waals surface area contributed by atoms with E-state index in [-0.39, 0.29) is 11.7 Å². The quantitative estimate of drug-likeness (QED) is 0.858. The summed E-state index contributed by atoms with van der Waals surface area (Å²) in [5.41, 5.74) is 3.03. The number of Topliss-reactive ketones (excluding diaryl/α,β-unsaturated/α-hetero) is 1. The van der Waals surface area contributed by atoms with Gasteiger partial charge >= 0.3 is 0 Å². The lowest BCUT2D eigenvalue weighted by atomic mass is 10.0. The van der Waals surface area contributed by atoms with Crippen molar-refractivity contribution in [3.05, 3.63) is 65.2 Å². The fourth-order valence-electron chi connectivity index (χ4n) is 2.04. The molecule has 1 N–H and O–H groups in total. The molecular formula is C17H17NO2. The lowest BCUT2D eigenvalue weighted by Gasteiger charge is -2.09. The Morgan fingerprint density at radius 1 is 1.00 bits per heavy atom. The summed E-state index contributed by atoms with van der Waals surface area (Å²) < 4.78 is 0. The SMILES string of the molecule is CCc1ccccc1C(=O)Nc1ccc(C(C)=O)cc1. The monoisotopic (exact) mass is 267 g/mol. The zero-order valence-electron chi connectivity index (χ0n) is 11.6. The highest BCUT2D eigenvalue weighted by atomic mass is 16.1. The molecular weight excluding hydrogens is 250 g/mol. The Morgan fingerprint density at radius 2 is 1.65 bits per heavy atom. The number of nitrogens with one attached hydrogen (secondary N) is 1. The molecule has 0 spiro atoms. The lowest BCUT2D eigenvalue weighted by Crippen LogP contribution is -2.14. The average Bonchev–Trinajstić information content (AvgIpc) is 2.47. The van der Waals surface area contributed by atoms with Crippen molar-refractivity contribution in [3.8, 4) is 0 Å². The van der Waals surface area contributed by atoms with Crippen LogP contribution in [0.15, 0.2) is 48.5 Å². The number of carbonyl (C=O) groups is 2. The summed E-state index contributed by atoms with van der Waals surface area (Å²) in [6, 6.07) is 14.5. The third-order valence-corrected chi connectivity index (χ3v) is 3.19. The van der Waals surface area contributed by atoms with Gasteiger partial charge in [0.1, 0.15) is 0 Å². The largest absolute Gasteiger partial charge is 0.322 e. The zero-order chi connectivity index (χ0) is 14.5. The van der Waals surface area contributed by atoms with E-state index in [2.05, 4.69) is 5.32 Å². The number of benzene rings is 2. The van der Waals surface area contributed by atoms with E-state index < -0.39 is 0 Å². The van der Waals surface area contributed by atoms with Crippen LogP contribution >= 0.6 is 0 Å². The van der Waals surface area contributed by atoms with Gasteiger partial charge in [-0.2, -0.15) is 0 Å². The van der Waals surface area contributed by atoms with E-state index >= 15 is 0 Å². The van der Waals surface area contributed by atoms with Crippen LogP contribution in [0.25, 0.3) is 0 Å². The second-order valence-corrected chi connectivity index (χ2v) is 4.60. The Hall–Kier alpha value is -2.42. The normalized spacial score (nSPS) is 10.1. The van der Waals surface area contributed by atoms with Gasteiger partial charge in [0.2, 0.25) is 0 Å². The maximum atomic E-state index is 12.2. The summed E-state index contributed by atoms with van der Waals surface area (Å²) in [7, 11) is 0. The molecule has 20 heavy (non-hydrogen) atoms. The Bertz CT molecular complexity index is 630. The van der Waals surface area contributed by atoms with E-state index in [0.717, 1.165) is 12.0 Å². The molecule has 3 nitrogen and oxygen atoms in total. The van der Waals surface area contributed by atoms with Gasteiger partial charge in [-0.25, -0.2) is 0 Å². The van der Waals surface area contributed by atoms with Crippen LogP contribution in [0.3, 0.4) is 0 Å². The Kier molecular flexibility index (Phi) is 4.31. The van der Waals surface area contributed by atoms with Gasteiger partial charge in [-0.3, -0.25) is 9.59 Å². The minimum Gasteiger partial charge on any atom is -0.322 e. The van der Waals surface area contributed by atoms with Gasteiger partial charge in [0, 0.05) is 16.8 Å². The smallest absolute Gasteiger partial charge is 0.255 e. The highest BCUT2D eigenvalue weighted by molar-refractivity contribution is 6.05. The Balaban J connectivity index is 2.17. The summed E-state index contributed by atoms with van der Waals surface area (Å²) >= 11 is 0. The van der Waals surface area contributed by atoms with E-state index in [1.165, 1.54) is 6.92 Å². The van der Waals surface area contributed by atoms with Gasteiger partial charge < -0.3 is 5.32 Å². The molecule has 0 radical (unpaired) electrons. The number of amides is 1. The number of ketones is 1. The van der Waals surface area contributed by atoms with E-state index in [1.807, 2.05) is 31.2 Å². The third kappa shape index (κ3) is 3.12. The van der Waals surface area contributed by atoms with Crippen molar-refractivity contribution in [3.63, 3.8) is 0 Å². The highest BCUT2D eigenvalue weighted by Crippen LogP contribution is 2.14. The summed E-state index contributed by atoms with van der Waals surface area (Å²) in [4.78, 5) is 23.4. The molecule has 0 heterocycles. The van der Waals surface area contributed by atoms with Crippen molar-refractivity contribution in [2.45, 2.75) is 20.3 Å². The Morgan fingerprint density at radius 3 is 2.25 bits per heavy atom. The highest BCUT2D eigenvalue weighted by Gasteiger charge is 2.10. The number of anilines is 1. The first kappa shape index (κ1) is 14.0. The van der Waals surface area contributed by atoms with Crippen LogP contribution in [-0.4, -0.2) is 11.7 Å². The third-order valence-electron chi connectivity index (χ3n) is 3.19. The molecule has 0 saturated carbocycles. The van der Waals surface area contributed by atoms with Gasteiger partial charge in [-0.05, 0) is 49.2 Å². The van der Waals surface area contributed by atoms with Crippen molar-refractivity contribution in [2.24, 2.45) is 0 Å². The minimum absolute atomic E-state index is 0.0132. The molecule has 0 fully saturated rings. The standard InChI is InChI=1S/C17H17NO2/c1-3-13-6-4-5-7-16(13)17(20)18-15-10-8-14(9-11-15)12(2)19/h4-11H,3H2,1-2H3,(H,18,20). The van der Waals surface area contributed by atoms with Gasteiger partial charge in [0.25, 0.3) is 5.91 Å². The topological polar surface area (TPSA) is 46.2 Å². The molecule has 2 aromatic carbocycles. The fraction of sp³-hybridized carbons (Fsp3) is 0.176. The molecule has 0 unspecified atom stereocenters. The summed E-state index contributed by atoms with van der Waals surface area (Å²) in [6.45, 7) is 3.54. The van der Waals surface area contributed by atoms with Crippen LogP contribution in [0, 0.1) is 0 Å². The Labute approximate surface area is 118 Å². The fourth-order valence-corrected chi connectivity index (χ4v) is 2.04. The van der Waals surface area contributed by atoms with E-state index in [9.17, 15) is 9.59 Å². The number of hydrogen-bond donors (Lipinski definition) is 1. The number of hydrogen-bond acceptors (Lipinski definition) is 2. The maximum Gasteiger partial charge on any atom is 0.255 e. The summed E-state index contributed by atoms with van der Waals surface area (Å²) in [6.07, 6.45) is 0.812. The van der Waals surface area contributed by atoms with Crippen molar-refractivity contribution >= 4 is 17.4 Å². The number of aryl methyl sites for hydroxylation is 1. The second-order valence-electron chi connectivity index (χ2n) is 4.60. The second kappa shape index (κ2) is 6.15. The van der Waals surface area contributed by atoms with Crippen molar-refractivity contribution in [2.75, 3.05) is 5.32 Å². The minimum atomic E-state index is -0.127. The van der Waals surface area contributed by atoms with Crippen molar-refractivity contribution < 1.29 is 9.59 Å².